The molecule has 0 aliphatic heterocycles. The van der Waals surface area contributed by atoms with Crippen LogP contribution in [0.25, 0.3) is 0 Å². The normalized spacial score (nSPS) is 11.5. The molecule has 0 fully saturated rings. The summed E-state index contributed by atoms with van der Waals surface area (Å²) in [6, 6.07) is 8.21. The van der Waals surface area contributed by atoms with Crippen LogP contribution in [0.1, 0.15) is 12.5 Å². The Morgan fingerprint density at radius 2 is 1.96 bits per heavy atom. The van der Waals surface area contributed by atoms with Gasteiger partial charge in [-0.15, -0.1) is 0 Å². The molecule has 2 aromatic carbocycles. The van der Waals surface area contributed by atoms with Crippen molar-refractivity contribution in [3.63, 3.8) is 0 Å². The highest BCUT2D eigenvalue weighted by Crippen LogP contribution is 2.24. The van der Waals surface area contributed by atoms with Crippen LogP contribution < -0.4 is 10.1 Å². The molecule has 0 spiro atoms. The summed E-state index contributed by atoms with van der Waals surface area (Å²) < 4.78 is 44.8. The van der Waals surface area contributed by atoms with Gasteiger partial charge < -0.3 is 10.1 Å². The van der Waals surface area contributed by atoms with E-state index in [0.29, 0.717) is 17.9 Å². The van der Waals surface area contributed by atoms with E-state index in [1.54, 1.807) is 13.0 Å². The molecule has 27 heavy (non-hydrogen) atoms. The third-order valence-electron chi connectivity index (χ3n) is 3.72. The van der Waals surface area contributed by atoms with Crippen LogP contribution in [-0.2, 0) is 14.8 Å². The largest absolute Gasteiger partial charge is 0.494 e. The number of hydrogen-bond donors (Lipinski definition) is 1. The molecular weight excluding hydrogens is 395 g/mol. The maximum atomic E-state index is 13.2. The molecule has 0 unspecified atom stereocenters. The summed E-state index contributed by atoms with van der Waals surface area (Å²) in [6.45, 7) is 3.64. The minimum Gasteiger partial charge on any atom is -0.494 e. The minimum atomic E-state index is -3.86. The van der Waals surface area contributed by atoms with Crippen molar-refractivity contribution in [3.05, 3.63) is 52.8 Å². The molecule has 0 saturated heterocycles. The lowest BCUT2D eigenvalue weighted by Crippen LogP contribution is -2.35. The number of halogens is 2. The third-order valence-corrected chi connectivity index (χ3v) is 5.81. The number of likely N-dealkylation sites (N-methyl/N-ethyl adjacent to an activating group) is 1. The summed E-state index contributed by atoms with van der Waals surface area (Å²) in [7, 11) is -2.56. The molecular formula is C18H20ClFN2O4S. The molecule has 2 aromatic rings. The smallest absolute Gasteiger partial charge is 0.243 e. The summed E-state index contributed by atoms with van der Waals surface area (Å²) in [5.41, 5.74) is 0.950. The fourth-order valence-electron chi connectivity index (χ4n) is 2.34. The first kappa shape index (κ1) is 21.1. The van der Waals surface area contributed by atoms with Crippen LogP contribution in [0, 0.1) is 12.7 Å². The van der Waals surface area contributed by atoms with Crippen LogP contribution in [0.3, 0.4) is 0 Å². The average Bonchev–Trinajstić information content (AvgIpc) is 2.59. The van der Waals surface area contributed by atoms with E-state index >= 15 is 0 Å². The molecule has 0 aliphatic carbocycles. The molecule has 146 valence electrons. The van der Waals surface area contributed by atoms with Gasteiger partial charge in [-0.1, -0.05) is 11.6 Å². The molecule has 1 amide bonds. The van der Waals surface area contributed by atoms with E-state index in [0.717, 1.165) is 10.4 Å². The number of sulfonamides is 1. The van der Waals surface area contributed by atoms with Crippen molar-refractivity contribution in [1.82, 2.24) is 4.31 Å². The lowest BCUT2D eigenvalue weighted by Gasteiger charge is -2.18. The zero-order chi connectivity index (χ0) is 20.2. The second-order valence-corrected chi connectivity index (χ2v) is 8.25. The number of ether oxygens (including phenoxy) is 1. The molecule has 2 rings (SSSR count). The summed E-state index contributed by atoms with van der Waals surface area (Å²) in [5.74, 6) is -0.586. The number of aryl methyl sites for hydroxylation is 1. The van der Waals surface area contributed by atoms with Crippen LogP contribution >= 0.6 is 11.6 Å². The van der Waals surface area contributed by atoms with Gasteiger partial charge in [-0.05, 0) is 55.8 Å². The van der Waals surface area contributed by atoms with Crippen molar-refractivity contribution in [2.24, 2.45) is 0 Å². The second kappa shape index (κ2) is 8.69. The van der Waals surface area contributed by atoms with Crippen molar-refractivity contribution in [2.45, 2.75) is 18.7 Å². The van der Waals surface area contributed by atoms with Gasteiger partial charge in [-0.2, -0.15) is 4.31 Å². The van der Waals surface area contributed by atoms with Gasteiger partial charge in [0.2, 0.25) is 15.9 Å². The van der Waals surface area contributed by atoms with E-state index in [1.165, 1.54) is 31.3 Å². The summed E-state index contributed by atoms with van der Waals surface area (Å²) in [5, 5.41) is 2.35. The van der Waals surface area contributed by atoms with Gasteiger partial charge in [0.05, 0.1) is 23.1 Å². The lowest BCUT2D eigenvalue weighted by molar-refractivity contribution is -0.116. The Balaban J connectivity index is 2.11. The number of carbonyl (C=O) groups is 1. The Kier molecular flexibility index (Phi) is 6.80. The van der Waals surface area contributed by atoms with Crippen LogP contribution in [0.15, 0.2) is 41.3 Å². The molecule has 0 atom stereocenters. The SMILES string of the molecule is CCOc1ccc(S(=O)(=O)N(C)CC(=O)Nc2ccc(F)c(Cl)c2)cc1C. The number of rotatable bonds is 7. The topological polar surface area (TPSA) is 75.7 Å². The lowest BCUT2D eigenvalue weighted by atomic mass is 10.2. The van der Waals surface area contributed by atoms with Gasteiger partial charge >= 0.3 is 0 Å². The molecule has 0 saturated carbocycles. The Hall–Kier alpha value is -2.16. The van der Waals surface area contributed by atoms with Crippen molar-refractivity contribution in [3.8, 4) is 5.75 Å². The number of amides is 1. The highest BCUT2D eigenvalue weighted by molar-refractivity contribution is 7.89. The Bertz CT molecular complexity index is 950. The Morgan fingerprint density at radius 3 is 2.56 bits per heavy atom. The van der Waals surface area contributed by atoms with Gasteiger partial charge in [0.25, 0.3) is 0 Å². The first-order chi connectivity index (χ1) is 12.6. The summed E-state index contributed by atoms with van der Waals surface area (Å²) in [4.78, 5) is 12.2. The van der Waals surface area contributed by atoms with Crippen molar-refractivity contribution >= 4 is 33.2 Å². The fourth-order valence-corrected chi connectivity index (χ4v) is 3.73. The van der Waals surface area contributed by atoms with Crippen molar-refractivity contribution in [1.29, 1.82) is 0 Å². The number of carbonyl (C=O) groups excluding carboxylic acids is 1. The minimum absolute atomic E-state index is 0.0589. The van der Waals surface area contributed by atoms with Crippen LogP contribution in [0.5, 0.6) is 5.75 Å². The average molecular weight is 415 g/mol. The summed E-state index contributed by atoms with van der Waals surface area (Å²) >= 11 is 5.66. The first-order valence-corrected chi connectivity index (χ1v) is 9.91. The fraction of sp³-hybridized carbons (Fsp3) is 0.278. The zero-order valence-electron chi connectivity index (χ0n) is 15.1. The number of anilines is 1. The van der Waals surface area contributed by atoms with Gasteiger partial charge in [0.15, 0.2) is 0 Å². The third kappa shape index (κ3) is 5.18. The monoisotopic (exact) mass is 414 g/mol. The first-order valence-electron chi connectivity index (χ1n) is 8.10. The molecule has 0 heterocycles. The molecule has 0 radical (unpaired) electrons. The molecule has 0 aliphatic rings. The predicted octanol–water partition coefficient (Wildman–Crippen LogP) is 3.45. The quantitative estimate of drug-likeness (QED) is 0.753. The maximum absolute atomic E-state index is 13.2. The Labute approximate surface area is 162 Å². The standard InChI is InChI=1S/C18H20ClFN2O4S/c1-4-26-17-8-6-14(9-12(17)2)27(24,25)22(3)11-18(23)21-13-5-7-16(20)15(19)10-13/h5-10H,4,11H2,1-3H3,(H,21,23). The van der Waals surface area contributed by atoms with Gasteiger partial charge in [0, 0.05) is 12.7 Å². The Morgan fingerprint density at radius 1 is 1.26 bits per heavy atom. The van der Waals surface area contributed by atoms with Gasteiger partial charge in [-0.3, -0.25) is 4.79 Å². The van der Waals surface area contributed by atoms with Crippen molar-refractivity contribution < 1.29 is 22.3 Å². The highest BCUT2D eigenvalue weighted by Gasteiger charge is 2.24. The van der Waals surface area contributed by atoms with E-state index < -0.39 is 28.3 Å². The molecule has 6 nitrogen and oxygen atoms in total. The molecule has 0 bridgehead atoms. The second-order valence-electron chi connectivity index (χ2n) is 5.80. The molecule has 1 N–H and O–H groups in total. The highest BCUT2D eigenvalue weighted by atomic mass is 35.5. The molecule has 0 aromatic heterocycles. The van der Waals surface area contributed by atoms with Crippen molar-refractivity contribution in [2.75, 3.05) is 25.5 Å². The van der Waals surface area contributed by atoms with Crippen LogP contribution in [-0.4, -0.2) is 38.8 Å². The van der Waals surface area contributed by atoms with Gasteiger partial charge in [-0.25, -0.2) is 12.8 Å². The number of nitrogens with one attached hydrogen (secondary N) is 1. The maximum Gasteiger partial charge on any atom is 0.243 e. The van der Waals surface area contributed by atoms with E-state index in [1.807, 2.05) is 6.92 Å². The number of nitrogens with zero attached hydrogens (tertiary/aromatic N) is 1. The van der Waals surface area contributed by atoms with E-state index in [9.17, 15) is 17.6 Å². The van der Waals surface area contributed by atoms with Gasteiger partial charge in [0.1, 0.15) is 11.6 Å². The zero-order valence-corrected chi connectivity index (χ0v) is 16.7. The van der Waals surface area contributed by atoms with Crippen LogP contribution in [0.2, 0.25) is 5.02 Å². The van der Waals surface area contributed by atoms with Crippen LogP contribution in [0.4, 0.5) is 10.1 Å². The predicted molar refractivity (Wildman–Crippen MR) is 102 cm³/mol. The number of hydrogen-bond acceptors (Lipinski definition) is 4. The summed E-state index contributed by atoms with van der Waals surface area (Å²) in [6.07, 6.45) is 0. The van der Waals surface area contributed by atoms with E-state index in [2.05, 4.69) is 5.32 Å². The molecule has 9 heteroatoms. The van der Waals surface area contributed by atoms with E-state index in [-0.39, 0.29) is 15.6 Å². The van der Waals surface area contributed by atoms with E-state index in [4.69, 9.17) is 16.3 Å². The number of benzene rings is 2.